The van der Waals surface area contributed by atoms with Gasteiger partial charge in [0.25, 0.3) is 6.43 Å². The zero-order valence-corrected chi connectivity index (χ0v) is 6.95. The Morgan fingerprint density at radius 1 is 1.58 bits per heavy atom. The number of aromatic nitrogens is 1. The summed E-state index contributed by atoms with van der Waals surface area (Å²) in [7, 11) is 0. The van der Waals surface area contributed by atoms with Gasteiger partial charge in [0.05, 0.1) is 5.02 Å². The normalized spacial score (nSPS) is 10.8. The highest BCUT2D eigenvalue weighted by Crippen LogP contribution is 2.26. The molecule has 0 aliphatic carbocycles. The van der Waals surface area contributed by atoms with Crippen LogP contribution in [0.2, 0.25) is 5.02 Å². The molecule has 0 saturated heterocycles. The van der Waals surface area contributed by atoms with Crippen LogP contribution in [0.25, 0.3) is 0 Å². The molecule has 0 aromatic carbocycles. The smallest absolute Gasteiger partial charge is 0.265 e. The van der Waals surface area contributed by atoms with Gasteiger partial charge in [-0.05, 0) is 6.92 Å². The molecule has 1 aromatic rings. The number of aryl methyl sites for hydroxylation is 1. The molecular weight excluding hydrogens is 188 g/mol. The molecule has 0 spiro atoms. The van der Waals surface area contributed by atoms with Crippen molar-refractivity contribution in [3.05, 3.63) is 32.7 Å². The zero-order valence-electron chi connectivity index (χ0n) is 6.20. The molecule has 0 radical (unpaired) electrons. The van der Waals surface area contributed by atoms with Gasteiger partial charge in [-0.3, -0.25) is 4.79 Å². The van der Waals surface area contributed by atoms with Gasteiger partial charge < -0.3 is 4.98 Å². The van der Waals surface area contributed by atoms with Gasteiger partial charge >= 0.3 is 0 Å². The Labute approximate surface area is 72.2 Å². The fourth-order valence-electron chi connectivity index (χ4n) is 0.856. The lowest BCUT2D eigenvalue weighted by Crippen LogP contribution is -2.08. The van der Waals surface area contributed by atoms with Gasteiger partial charge in [-0.1, -0.05) is 11.6 Å². The summed E-state index contributed by atoms with van der Waals surface area (Å²) < 4.78 is 24.3. The van der Waals surface area contributed by atoms with Crippen molar-refractivity contribution in [3.8, 4) is 0 Å². The van der Waals surface area contributed by atoms with Crippen LogP contribution in [0.4, 0.5) is 8.78 Å². The van der Waals surface area contributed by atoms with Crippen molar-refractivity contribution in [3.63, 3.8) is 0 Å². The second kappa shape index (κ2) is 3.23. The first-order valence-electron chi connectivity index (χ1n) is 3.20. The molecule has 1 heterocycles. The van der Waals surface area contributed by atoms with E-state index in [1.807, 2.05) is 0 Å². The van der Waals surface area contributed by atoms with Crippen LogP contribution in [-0.4, -0.2) is 4.98 Å². The van der Waals surface area contributed by atoms with Crippen LogP contribution >= 0.6 is 11.6 Å². The topological polar surface area (TPSA) is 32.9 Å². The van der Waals surface area contributed by atoms with Crippen LogP contribution in [0.15, 0.2) is 10.9 Å². The summed E-state index contributed by atoms with van der Waals surface area (Å²) in [6.45, 7) is 1.47. The van der Waals surface area contributed by atoms with E-state index in [0.29, 0.717) is 0 Å². The number of nitrogens with one attached hydrogen (secondary N) is 1. The molecule has 5 heteroatoms. The maximum Gasteiger partial charge on any atom is 0.265 e. The number of hydrogen-bond acceptors (Lipinski definition) is 1. The zero-order chi connectivity index (χ0) is 9.30. The van der Waals surface area contributed by atoms with Gasteiger partial charge in [-0.25, -0.2) is 8.78 Å². The molecule has 0 unspecified atom stereocenters. The monoisotopic (exact) mass is 193 g/mol. The van der Waals surface area contributed by atoms with Crippen molar-refractivity contribution in [2.75, 3.05) is 0 Å². The first-order chi connectivity index (χ1) is 5.52. The van der Waals surface area contributed by atoms with E-state index in [2.05, 4.69) is 4.98 Å². The fourth-order valence-corrected chi connectivity index (χ4v) is 1.04. The number of alkyl halides is 2. The first kappa shape index (κ1) is 9.19. The lowest BCUT2D eigenvalue weighted by Gasteiger charge is -2.03. The van der Waals surface area contributed by atoms with Crippen molar-refractivity contribution in [2.45, 2.75) is 13.3 Å². The molecule has 0 aliphatic rings. The highest BCUT2D eigenvalue weighted by Gasteiger charge is 2.14. The summed E-state index contributed by atoms with van der Waals surface area (Å²) in [5.74, 6) is 0. The summed E-state index contributed by atoms with van der Waals surface area (Å²) in [4.78, 5) is 13.0. The first-order valence-corrected chi connectivity index (χ1v) is 3.57. The molecule has 0 fully saturated rings. The van der Waals surface area contributed by atoms with E-state index in [0.717, 1.165) is 6.07 Å². The Bertz CT molecular complexity index is 348. The molecule has 1 aromatic heterocycles. The Kier molecular flexibility index (Phi) is 2.47. The maximum absolute atomic E-state index is 12.2. The van der Waals surface area contributed by atoms with E-state index in [9.17, 15) is 13.6 Å². The molecule has 1 rings (SSSR count). The third-order valence-corrected chi connectivity index (χ3v) is 1.92. The van der Waals surface area contributed by atoms with Gasteiger partial charge in [0.15, 0.2) is 0 Å². The number of halogens is 3. The van der Waals surface area contributed by atoms with Gasteiger partial charge in [-0.15, -0.1) is 0 Å². The van der Waals surface area contributed by atoms with Crippen LogP contribution < -0.4 is 5.56 Å². The van der Waals surface area contributed by atoms with E-state index < -0.39 is 17.5 Å². The fraction of sp³-hybridized carbons (Fsp3) is 0.286. The highest BCUT2D eigenvalue weighted by atomic mass is 35.5. The lowest BCUT2D eigenvalue weighted by molar-refractivity contribution is 0.151. The highest BCUT2D eigenvalue weighted by molar-refractivity contribution is 6.31. The average molecular weight is 194 g/mol. The average Bonchev–Trinajstić information content (AvgIpc) is 1.96. The summed E-state index contributed by atoms with van der Waals surface area (Å²) in [5.41, 5.74) is -0.718. The second-order valence-electron chi connectivity index (χ2n) is 2.33. The van der Waals surface area contributed by atoms with Crippen molar-refractivity contribution < 1.29 is 8.78 Å². The van der Waals surface area contributed by atoms with E-state index >= 15 is 0 Å². The molecule has 0 bridgehead atoms. The van der Waals surface area contributed by atoms with Crippen molar-refractivity contribution in [1.29, 1.82) is 0 Å². The van der Waals surface area contributed by atoms with Crippen LogP contribution in [0, 0.1) is 6.92 Å². The van der Waals surface area contributed by atoms with E-state index in [4.69, 9.17) is 11.6 Å². The number of aromatic amines is 1. The number of rotatable bonds is 1. The summed E-state index contributed by atoms with van der Waals surface area (Å²) in [6.07, 6.45) is -2.71. The standard InChI is InChI=1S/C7H6ClF2NO/c1-3-6(8)4(7(9)10)2-5(12)11-3/h2,7H,1H3,(H,11,12). The quantitative estimate of drug-likeness (QED) is 0.729. The van der Waals surface area contributed by atoms with Crippen LogP contribution in [0.1, 0.15) is 17.7 Å². The second-order valence-corrected chi connectivity index (χ2v) is 2.71. The van der Waals surface area contributed by atoms with Crippen molar-refractivity contribution in [1.82, 2.24) is 4.98 Å². The molecule has 0 atom stereocenters. The molecule has 1 N–H and O–H groups in total. The Morgan fingerprint density at radius 3 is 2.67 bits per heavy atom. The largest absolute Gasteiger partial charge is 0.325 e. The summed E-state index contributed by atoms with van der Waals surface area (Å²) >= 11 is 5.51. The van der Waals surface area contributed by atoms with E-state index in [-0.39, 0.29) is 10.7 Å². The molecule has 12 heavy (non-hydrogen) atoms. The number of H-pyrrole nitrogens is 1. The third kappa shape index (κ3) is 1.64. The molecule has 0 saturated carbocycles. The predicted molar refractivity (Wildman–Crippen MR) is 41.8 cm³/mol. The minimum atomic E-state index is -2.71. The maximum atomic E-state index is 12.2. The minimum absolute atomic E-state index is 0.0791. The lowest BCUT2D eigenvalue weighted by atomic mass is 10.2. The molecule has 0 aliphatic heterocycles. The Balaban J connectivity index is 3.38. The summed E-state index contributed by atoms with van der Waals surface area (Å²) in [5, 5.41) is -0.0791. The van der Waals surface area contributed by atoms with Gasteiger partial charge in [0, 0.05) is 17.3 Å². The van der Waals surface area contributed by atoms with Gasteiger partial charge in [0.2, 0.25) is 5.56 Å². The molecule has 0 amide bonds. The minimum Gasteiger partial charge on any atom is -0.325 e. The van der Waals surface area contributed by atoms with E-state index in [1.165, 1.54) is 6.92 Å². The molecule has 66 valence electrons. The Morgan fingerprint density at radius 2 is 2.17 bits per heavy atom. The molecule has 2 nitrogen and oxygen atoms in total. The summed E-state index contributed by atoms with van der Waals surface area (Å²) in [6, 6.07) is 0.806. The van der Waals surface area contributed by atoms with Crippen molar-refractivity contribution in [2.24, 2.45) is 0 Å². The third-order valence-electron chi connectivity index (χ3n) is 1.42. The molecular formula is C7H6ClF2NO. The van der Waals surface area contributed by atoms with Crippen molar-refractivity contribution >= 4 is 11.6 Å². The SMILES string of the molecule is Cc1[nH]c(=O)cc(C(F)F)c1Cl. The van der Waals surface area contributed by atoms with Gasteiger partial charge in [0.1, 0.15) is 0 Å². The van der Waals surface area contributed by atoms with Gasteiger partial charge in [-0.2, -0.15) is 0 Å². The van der Waals surface area contributed by atoms with E-state index in [1.54, 1.807) is 0 Å². The van der Waals surface area contributed by atoms with Crippen LogP contribution in [0.3, 0.4) is 0 Å². The predicted octanol–water partition coefficient (Wildman–Crippen LogP) is 2.27. The van der Waals surface area contributed by atoms with Crippen LogP contribution in [0.5, 0.6) is 0 Å². The van der Waals surface area contributed by atoms with Crippen LogP contribution in [-0.2, 0) is 0 Å². The number of pyridine rings is 1. The number of hydrogen-bond donors (Lipinski definition) is 1. The Hall–Kier alpha value is -0.900.